The van der Waals surface area contributed by atoms with Crippen LogP contribution in [0.5, 0.6) is 0 Å². The summed E-state index contributed by atoms with van der Waals surface area (Å²) in [6, 6.07) is 12.1. The average molecular weight is 692 g/mol. The summed E-state index contributed by atoms with van der Waals surface area (Å²) in [4.78, 5) is 59.4. The van der Waals surface area contributed by atoms with Crippen LogP contribution in [0.4, 0.5) is 5.69 Å². The fraction of sp³-hybridized carbons (Fsp3) is 0.474. The number of carbonyl (C=O) groups excluding carboxylic acids is 4. The number of halogens is 1. The lowest BCUT2D eigenvalue weighted by Crippen LogP contribution is -2.59. The molecule has 3 saturated heterocycles. The maximum absolute atomic E-state index is 14.9. The smallest absolute Gasteiger partial charge is 0.313 e. The van der Waals surface area contributed by atoms with Gasteiger partial charge in [-0.25, -0.2) is 0 Å². The minimum absolute atomic E-state index is 0.114. The van der Waals surface area contributed by atoms with E-state index in [1.54, 1.807) is 31.2 Å². The number of aliphatic hydroxyl groups is 1. The number of aliphatic hydroxyl groups excluding tert-OH is 1. The molecule has 5 rings (SSSR count). The lowest BCUT2D eigenvalue weighted by Gasteiger charge is -2.39. The van der Waals surface area contributed by atoms with Crippen molar-refractivity contribution in [2.45, 2.75) is 88.8 Å². The van der Waals surface area contributed by atoms with E-state index in [-0.39, 0.29) is 25.5 Å². The Morgan fingerprint density at radius 3 is 2.55 bits per heavy atom. The summed E-state index contributed by atoms with van der Waals surface area (Å²) < 4.78 is 12.9. The molecule has 3 amide bonds. The number of ether oxygens (including phenoxy) is 2. The lowest BCUT2D eigenvalue weighted by molar-refractivity contribution is -0.162. The third-order valence-corrected chi connectivity index (χ3v) is 10.5. The number of hydrogen-bond acceptors (Lipinski definition) is 7. The first-order valence-corrected chi connectivity index (χ1v) is 17.4. The van der Waals surface area contributed by atoms with Crippen LogP contribution in [-0.4, -0.2) is 76.7 Å². The van der Waals surface area contributed by atoms with Gasteiger partial charge >= 0.3 is 5.97 Å². The summed E-state index contributed by atoms with van der Waals surface area (Å²) in [5.41, 5.74) is 0.612. The van der Waals surface area contributed by atoms with Crippen LogP contribution >= 0.6 is 11.6 Å². The Kier molecular flexibility index (Phi) is 11.3. The van der Waals surface area contributed by atoms with E-state index in [0.29, 0.717) is 42.0 Å². The Balaban J connectivity index is 1.52. The van der Waals surface area contributed by atoms with Gasteiger partial charge in [0.05, 0.1) is 47.3 Å². The van der Waals surface area contributed by atoms with Crippen molar-refractivity contribution in [3.63, 3.8) is 0 Å². The number of benzene rings is 2. The molecule has 0 radical (unpaired) electrons. The molecule has 3 heterocycles. The van der Waals surface area contributed by atoms with Gasteiger partial charge in [-0.2, -0.15) is 0 Å². The van der Waals surface area contributed by atoms with Gasteiger partial charge in [-0.1, -0.05) is 73.1 Å². The highest BCUT2D eigenvalue weighted by molar-refractivity contribution is 6.34. The molecule has 1 spiro atoms. The van der Waals surface area contributed by atoms with Gasteiger partial charge in [0.15, 0.2) is 0 Å². The Morgan fingerprint density at radius 2 is 1.92 bits per heavy atom. The monoisotopic (exact) mass is 691 g/mol. The number of rotatable bonds is 15. The zero-order valence-corrected chi connectivity index (χ0v) is 29.1. The number of nitrogens with zero attached hydrogens (tertiary/aromatic N) is 2. The molecule has 3 aliphatic heterocycles. The van der Waals surface area contributed by atoms with E-state index in [9.17, 15) is 24.3 Å². The van der Waals surface area contributed by atoms with E-state index in [4.69, 9.17) is 21.1 Å². The summed E-state index contributed by atoms with van der Waals surface area (Å²) in [5.74, 6) is -3.71. The van der Waals surface area contributed by atoms with E-state index in [2.05, 4.69) is 18.5 Å². The third kappa shape index (κ3) is 6.66. The van der Waals surface area contributed by atoms with Crippen LogP contribution in [0.3, 0.4) is 0 Å². The molecular formula is C38H46ClN3O7. The number of nitrogens with one attached hydrogen (secondary N) is 1. The van der Waals surface area contributed by atoms with Crippen LogP contribution in [0.25, 0.3) is 0 Å². The van der Waals surface area contributed by atoms with E-state index < -0.39 is 65.6 Å². The molecule has 11 heteroatoms. The Morgan fingerprint density at radius 1 is 1.18 bits per heavy atom. The first-order valence-electron chi connectivity index (χ1n) is 17.0. The van der Waals surface area contributed by atoms with Gasteiger partial charge < -0.3 is 29.7 Å². The highest BCUT2D eigenvalue weighted by atomic mass is 35.5. The molecule has 49 heavy (non-hydrogen) atoms. The van der Waals surface area contributed by atoms with Crippen molar-refractivity contribution in [2.75, 3.05) is 18.1 Å². The van der Waals surface area contributed by atoms with Gasteiger partial charge in [-0.15, -0.1) is 13.2 Å². The zero-order valence-electron chi connectivity index (χ0n) is 28.3. The van der Waals surface area contributed by atoms with Crippen LogP contribution in [0.2, 0.25) is 5.02 Å². The van der Waals surface area contributed by atoms with Crippen LogP contribution < -0.4 is 10.2 Å². The van der Waals surface area contributed by atoms with Gasteiger partial charge in [-0.05, 0) is 56.7 Å². The predicted octanol–water partition coefficient (Wildman–Crippen LogP) is 5.07. The van der Waals surface area contributed by atoms with Gasteiger partial charge in [0.2, 0.25) is 11.8 Å². The maximum atomic E-state index is 14.9. The van der Waals surface area contributed by atoms with E-state index >= 15 is 0 Å². The third-order valence-electron chi connectivity index (χ3n) is 10.1. The molecule has 8 atom stereocenters. The van der Waals surface area contributed by atoms with Crippen molar-refractivity contribution in [3.05, 3.63) is 90.0 Å². The normalized spacial score (nSPS) is 25.7. The average Bonchev–Trinajstić information content (AvgIpc) is 3.74. The van der Waals surface area contributed by atoms with Crippen molar-refractivity contribution in [1.29, 1.82) is 0 Å². The van der Waals surface area contributed by atoms with Crippen molar-refractivity contribution < 1.29 is 33.8 Å². The summed E-state index contributed by atoms with van der Waals surface area (Å²) in [7, 11) is 0. The Labute approximate surface area is 293 Å². The van der Waals surface area contributed by atoms with Crippen molar-refractivity contribution in [2.24, 2.45) is 11.8 Å². The molecule has 10 nitrogen and oxygen atoms in total. The van der Waals surface area contributed by atoms with Crippen LogP contribution in [0.15, 0.2) is 73.8 Å². The molecule has 2 N–H and O–H groups in total. The number of carbonyl (C=O) groups is 4. The SMILES string of the molecule is C=CCCC(=O)N[C@@H](C)[C@H](OC(=O)[C@@H]1[C@@H]2CC[C@]3(O2)[C@H](C(=O)N(CC=C)c2c(C)cccc2Cl)N([C@@H](CC)CO)C(=O)[C@@H]13)c1ccccc1. The largest absolute Gasteiger partial charge is 0.455 e. The molecule has 2 bridgehead atoms. The lowest BCUT2D eigenvalue weighted by atomic mass is 9.70. The first-order chi connectivity index (χ1) is 23.5. The molecule has 0 aromatic heterocycles. The molecule has 2 aromatic carbocycles. The topological polar surface area (TPSA) is 125 Å². The molecule has 3 fully saturated rings. The minimum atomic E-state index is -1.33. The second-order valence-electron chi connectivity index (χ2n) is 13.1. The number of esters is 1. The molecule has 2 aromatic rings. The van der Waals surface area contributed by atoms with E-state index in [0.717, 1.165) is 5.56 Å². The van der Waals surface area contributed by atoms with Crippen LogP contribution in [0.1, 0.15) is 63.2 Å². The van der Waals surface area contributed by atoms with Gasteiger partial charge in [0, 0.05) is 13.0 Å². The van der Waals surface area contributed by atoms with Crippen LogP contribution in [0, 0.1) is 18.8 Å². The highest BCUT2D eigenvalue weighted by Crippen LogP contribution is 2.59. The number of likely N-dealkylation sites (tertiary alicyclic amines) is 1. The fourth-order valence-electron chi connectivity index (χ4n) is 7.92. The molecular weight excluding hydrogens is 646 g/mol. The van der Waals surface area contributed by atoms with E-state index in [1.165, 1.54) is 9.80 Å². The number of anilines is 1. The molecule has 0 aliphatic carbocycles. The van der Waals surface area contributed by atoms with Gasteiger partial charge in [0.25, 0.3) is 5.91 Å². The number of allylic oxidation sites excluding steroid dienone is 1. The van der Waals surface area contributed by atoms with Crippen molar-refractivity contribution >= 4 is 41.0 Å². The van der Waals surface area contributed by atoms with E-state index in [1.807, 2.05) is 50.2 Å². The summed E-state index contributed by atoms with van der Waals surface area (Å²) in [6.45, 7) is 12.7. The predicted molar refractivity (Wildman–Crippen MR) is 187 cm³/mol. The summed E-state index contributed by atoms with van der Waals surface area (Å²) in [6.07, 6.45) is 3.67. The standard InChI is InChI=1S/C38H46ClN3O7/c1-6-9-18-29(44)40-24(5)33(25-15-11-10-12-16-25)48-37(47)30-28-19-20-38(49-28)31(30)35(45)42(26(8-3)22-43)34(38)36(46)41(21-7-2)32-23(4)14-13-17-27(32)39/h6-7,10-17,24,26,28,30-31,33-34,43H,1-2,8-9,18-22H2,3-5H3,(H,40,44)/t24-,26-,28-,30+,31+,33-,34-,38+/m0/s1. The number of aryl methyl sites for hydroxylation is 1. The van der Waals surface area contributed by atoms with Gasteiger partial charge in [0.1, 0.15) is 17.7 Å². The number of hydrogen-bond donors (Lipinski definition) is 2. The number of amides is 3. The van der Waals surface area contributed by atoms with Crippen molar-refractivity contribution in [1.82, 2.24) is 10.2 Å². The second-order valence-corrected chi connectivity index (χ2v) is 13.5. The number of fused-ring (bicyclic) bond motifs is 1. The highest BCUT2D eigenvalue weighted by Gasteiger charge is 2.75. The Bertz CT molecular complexity index is 1560. The minimum Gasteiger partial charge on any atom is -0.455 e. The Hall–Kier alpha value is -3.99. The van der Waals surface area contributed by atoms with Crippen LogP contribution in [-0.2, 0) is 28.7 Å². The molecule has 0 saturated carbocycles. The first kappa shape index (κ1) is 36.3. The second kappa shape index (κ2) is 15.3. The molecule has 0 unspecified atom stereocenters. The summed E-state index contributed by atoms with van der Waals surface area (Å²) >= 11 is 6.65. The van der Waals surface area contributed by atoms with Gasteiger partial charge in [-0.3, -0.25) is 19.2 Å². The molecule has 3 aliphatic rings. The maximum Gasteiger partial charge on any atom is 0.313 e. The number of para-hydroxylation sites is 1. The molecule has 262 valence electrons. The zero-order chi connectivity index (χ0) is 35.5. The summed E-state index contributed by atoms with van der Waals surface area (Å²) in [5, 5.41) is 13.8. The van der Waals surface area contributed by atoms with Crippen molar-refractivity contribution in [3.8, 4) is 0 Å². The fourth-order valence-corrected chi connectivity index (χ4v) is 8.24. The quantitative estimate of drug-likeness (QED) is 0.197.